The van der Waals surface area contributed by atoms with E-state index in [-0.39, 0.29) is 11.7 Å². The molecule has 126 valence electrons. The Balaban J connectivity index is 1.68. The van der Waals surface area contributed by atoms with E-state index in [0.29, 0.717) is 23.8 Å². The zero-order chi connectivity index (χ0) is 17.4. The van der Waals surface area contributed by atoms with E-state index in [1.807, 2.05) is 24.3 Å². The Morgan fingerprint density at radius 1 is 1.04 bits per heavy atom. The highest BCUT2D eigenvalue weighted by Gasteiger charge is 2.04. The van der Waals surface area contributed by atoms with E-state index in [2.05, 4.69) is 16.0 Å². The second-order valence-electron chi connectivity index (χ2n) is 4.87. The molecule has 0 aliphatic carbocycles. The van der Waals surface area contributed by atoms with E-state index >= 15 is 0 Å². The van der Waals surface area contributed by atoms with Crippen LogP contribution in [0.2, 0.25) is 0 Å². The van der Waals surface area contributed by atoms with Gasteiger partial charge in [0, 0.05) is 24.3 Å². The van der Waals surface area contributed by atoms with Crippen molar-refractivity contribution >= 4 is 28.9 Å². The molecule has 0 fully saturated rings. The van der Waals surface area contributed by atoms with Crippen molar-refractivity contribution in [2.75, 3.05) is 25.5 Å². The third kappa shape index (κ3) is 5.51. The maximum Gasteiger partial charge on any atom is 0.251 e. The predicted molar refractivity (Wildman–Crippen MR) is 96.0 cm³/mol. The lowest BCUT2D eigenvalue weighted by Gasteiger charge is -2.11. The monoisotopic (exact) mass is 347 g/mol. The molecule has 3 N–H and O–H groups in total. The molecule has 0 heterocycles. The van der Waals surface area contributed by atoms with Gasteiger partial charge in [-0.1, -0.05) is 0 Å². The molecular formula is C17H18FN3O2S. The van der Waals surface area contributed by atoms with Crippen molar-refractivity contribution < 1.29 is 13.9 Å². The standard InChI is InChI=1S/C17H18FN3O2S/c1-23-15-8-6-14(7-9-15)21-17(24)20-11-10-19-16(22)12-2-4-13(18)5-3-12/h2-9H,10-11H2,1H3,(H,19,22)(H2,20,21,24). The lowest BCUT2D eigenvalue weighted by Crippen LogP contribution is -2.36. The number of benzene rings is 2. The van der Waals surface area contributed by atoms with E-state index < -0.39 is 0 Å². The lowest BCUT2D eigenvalue weighted by atomic mass is 10.2. The van der Waals surface area contributed by atoms with Gasteiger partial charge in [-0.05, 0) is 60.7 Å². The van der Waals surface area contributed by atoms with Crippen LogP contribution in [0.1, 0.15) is 10.4 Å². The summed E-state index contributed by atoms with van der Waals surface area (Å²) in [7, 11) is 1.61. The number of carbonyl (C=O) groups is 1. The Hall–Kier alpha value is -2.67. The molecule has 0 atom stereocenters. The summed E-state index contributed by atoms with van der Waals surface area (Å²) in [5.74, 6) is 0.136. The first-order valence-electron chi connectivity index (χ1n) is 7.31. The van der Waals surface area contributed by atoms with Crippen LogP contribution in [0.3, 0.4) is 0 Å². The zero-order valence-electron chi connectivity index (χ0n) is 13.1. The number of anilines is 1. The fourth-order valence-corrected chi connectivity index (χ4v) is 2.12. The van der Waals surface area contributed by atoms with Gasteiger partial charge in [0.25, 0.3) is 5.91 Å². The SMILES string of the molecule is COc1ccc(NC(=S)NCCNC(=O)c2ccc(F)cc2)cc1. The number of carbonyl (C=O) groups excluding carboxylic acids is 1. The highest BCUT2D eigenvalue weighted by Crippen LogP contribution is 2.14. The predicted octanol–water partition coefficient (Wildman–Crippen LogP) is 2.55. The van der Waals surface area contributed by atoms with Gasteiger partial charge in [0.2, 0.25) is 0 Å². The summed E-state index contributed by atoms with van der Waals surface area (Å²) in [5, 5.41) is 9.20. The molecule has 2 aromatic carbocycles. The minimum atomic E-state index is -0.372. The molecule has 0 aromatic heterocycles. The first-order valence-corrected chi connectivity index (χ1v) is 7.72. The van der Waals surface area contributed by atoms with Gasteiger partial charge in [0.15, 0.2) is 5.11 Å². The average Bonchev–Trinajstić information content (AvgIpc) is 2.60. The molecule has 2 aromatic rings. The Kier molecular flexibility index (Phi) is 6.51. The minimum Gasteiger partial charge on any atom is -0.497 e. The summed E-state index contributed by atoms with van der Waals surface area (Å²) in [6.07, 6.45) is 0. The number of amides is 1. The normalized spacial score (nSPS) is 9.92. The van der Waals surface area contributed by atoms with Crippen LogP contribution in [-0.4, -0.2) is 31.2 Å². The number of hydrogen-bond donors (Lipinski definition) is 3. The number of methoxy groups -OCH3 is 1. The van der Waals surface area contributed by atoms with Crippen molar-refractivity contribution in [1.82, 2.24) is 10.6 Å². The van der Waals surface area contributed by atoms with Crippen molar-refractivity contribution in [1.29, 1.82) is 0 Å². The average molecular weight is 347 g/mol. The highest BCUT2D eigenvalue weighted by molar-refractivity contribution is 7.80. The molecule has 0 aliphatic rings. The molecule has 2 rings (SSSR count). The van der Waals surface area contributed by atoms with Gasteiger partial charge in [-0.3, -0.25) is 4.79 Å². The first kappa shape index (κ1) is 17.7. The fraction of sp³-hybridized carbons (Fsp3) is 0.176. The summed E-state index contributed by atoms with van der Waals surface area (Å²) >= 11 is 5.18. The Bertz CT molecular complexity index is 690. The van der Waals surface area contributed by atoms with E-state index in [4.69, 9.17) is 17.0 Å². The first-order chi connectivity index (χ1) is 11.6. The largest absolute Gasteiger partial charge is 0.497 e. The van der Waals surface area contributed by atoms with Gasteiger partial charge in [0.1, 0.15) is 11.6 Å². The molecule has 0 aliphatic heterocycles. The number of nitrogens with one attached hydrogen (secondary N) is 3. The summed E-state index contributed by atoms with van der Waals surface area (Å²) in [6.45, 7) is 0.857. The van der Waals surface area contributed by atoms with E-state index in [1.54, 1.807) is 7.11 Å². The van der Waals surface area contributed by atoms with Gasteiger partial charge in [-0.15, -0.1) is 0 Å². The van der Waals surface area contributed by atoms with Crippen LogP contribution in [0.15, 0.2) is 48.5 Å². The fourth-order valence-electron chi connectivity index (χ4n) is 1.91. The van der Waals surface area contributed by atoms with Crippen molar-refractivity contribution in [3.8, 4) is 5.75 Å². The number of rotatable bonds is 6. The molecule has 7 heteroatoms. The Labute approximate surface area is 145 Å². The second kappa shape index (κ2) is 8.83. The lowest BCUT2D eigenvalue weighted by molar-refractivity contribution is 0.0954. The topological polar surface area (TPSA) is 62.4 Å². The number of thiocarbonyl (C=S) groups is 1. The molecule has 0 bridgehead atoms. The zero-order valence-corrected chi connectivity index (χ0v) is 14.0. The van der Waals surface area contributed by atoms with Crippen molar-refractivity contribution in [3.05, 3.63) is 59.9 Å². The maximum absolute atomic E-state index is 12.8. The van der Waals surface area contributed by atoms with Gasteiger partial charge in [0.05, 0.1) is 7.11 Å². The van der Waals surface area contributed by atoms with Crippen LogP contribution < -0.4 is 20.7 Å². The number of hydrogen-bond acceptors (Lipinski definition) is 3. The third-order valence-corrected chi connectivity index (χ3v) is 3.40. The summed E-state index contributed by atoms with van der Waals surface area (Å²) in [4.78, 5) is 11.8. The van der Waals surface area contributed by atoms with Crippen molar-refractivity contribution in [2.45, 2.75) is 0 Å². The van der Waals surface area contributed by atoms with Crippen LogP contribution in [0.4, 0.5) is 10.1 Å². The van der Waals surface area contributed by atoms with Crippen LogP contribution >= 0.6 is 12.2 Å². The van der Waals surface area contributed by atoms with E-state index in [0.717, 1.165) is 11.4 Å². The molecule has 0 saturated heterocycles. The van der Waals surface area contributed by atoms with Gasteiger partial charge in [-0.25, -0.2) is 4.39 Å². The van der Waals surface area contributed by atoms with E-state index in [9.17, 15) is 9.18 Å². The van der Waals surface area contributed by atoms with Crippen molar-refractivity contribution in [3.63, 3.8) is 0 Å². The van der Waals surface area contributed by atoms with Gasteiger partial charge < -0.3 is 20.7 Å². The van der Waals surface area contributed by atoms with Crippen LogP contribution in [-0.2, 0) is 0 Å². The molecule has 0 unspecified atom stereocenters. The molecule has 5 nitrogen and oxygen atoms in total. The Morgan fingerprint density at radius 3 is 2.29 bits per heavy atom. The maximum atomic E-state index is 12.8. The quantitative estimate of drug-likeness (QED) is 0.554. The molecule has 0 saturated carbocycles. The summed E-state index contributed by atoms with van der Waals surface area (Å²) in [5.41, 5.74) is 1.25. The van der Waals surface area contributed by atoms with Gasteiger partial charge in [-0.2, -0.15) is 0 Å². The molecule has 24 heavy (non-hydrogen) atoms. The minimum absolute atomic E-state index is 0.258. The smallest absolute Gasteiger partial charge is 0.251 e. The number of halogens is 1. The molecule has 0 radical (unpaired) electrons. The summed E-state index contributed by atoms with van der Waals surface area (Å²) < 4.78 is 17.9. The van der Waals surface area contributed by atoms with Gasteiger partial charge >= 0.3 is 0 Å². The second-order valence-corrected chi connectivity index (χ2v) is 5.28. The van der Waals surface area contributed by atoms with Crippen LogP contribution in [0.25, 0.3) is 0 Å². The molecule has 0 spiro atoms. The van der Waals surface area contributed by atoms with E-state index in [1.165, 1.54) is 24.3 Å². The number of ether oxygens (including phenoxy) is 1. The van der Waals surface area contributed by atoms with Crippen molar-refractivity contribution in [2.24, 2.45) is 0 Å². The summed E-state index contributed by atoms with van der Waals surface area (Å²) in [6, 6.07) is 12.7. The molecule has 1 amide bonds. The van der Waals surface area contributed by atoms with Crippen LogP contribution in [0.5, 0.6) is 5.75 Å². The van der Waals surface area contributed by atoms with Crippen LogP contribution in [0, 0.1) is 5.82 Å². The third-order valence-electron chi connectivity index (χ3n) is 3.15. The Morgan fingerprint density at radius 2 is 1.67 bits per heavy atom. The molecular weight excluding hydrogens is 329 g/mol. The highest BCUT2D eigenvalue weighted by atomic mass is 32.1.